The first-order chi connectivity index (χ1) is 13.6. The quantitative estimate of drug-likeness (QED) is 0.586. The summed E-state index contributed by atoms with van der Waals surface area (Å²) >= 11 is 0. The third-order valence-corrected chi connectivity index (χ3v) is 6.33. The van der Waals surface area contributed by atoms with Crippen LogP contribution in [0.5, 0.6) is 0 Å². The maximum Gasteiger partial charge on any atom is 0.331 e. The van der Waals surface area contributed by atoms with Crippen LogP contribution < -0.4 is 5.32 Å². The third kappa shape index (κ3) is 5.84. The maximum atomic E-state index is 13.5. The number of nitrogens with zero attached hydrogens (tertiary/aromatic N) is 2. The van der Waals surface area contributed by atoms with Crippen LogP contribution in [-0.2, 0) is 14.4 Å². The average molecular weight is 424 g/mol. The van der Waals surface area contributed by atoms with Crippen molar-refractivity contribution in [2.45, 2.75) is 84.8 Å². The Labute approximate surface area is 181 Å². The highest BCUT2D eigenvalue weighted by atomic mass is 16.4. The van der Waals surface area contributed by atoms with Gasteiger partial charge < -0.3 is 15.3 Å². The summed E-state index contributed by atoms with van der Waals surface area (Å²) in [7, 11) is 5.51. The van der Waals surface area contributed by atoms with E-state index < -0.39 is 23.0 Å². The highest BCUT2D eigenvalue weighted by Crippen LogP contribution is 2.35. The second-order valence-corrected chi connectivity index (χ2v) is 10.2. The molecule has 2 N–H and O–H groups in total. The van der Waals surface area contributed by atoms with Gasteiger partial charge in [-0.25, -0.2) is 4.79 Å². The summed E-state index contributed by atoms with van der Waals surface area (Å²) in [5, 5.41) is 12.3. The predicted octanol–water partition coefficient (Wildman–Crippen LogP) is 2.91. The molecule has 1 aliphatic carbocycles. The van der Waals surface area contributed by atoms with E-state index in [-0.39, 0.29) is 29.3 Å². The minimum atomic E-state index is -1.00. The van der Waals surface area contributed by atoms with Crippen molar-refractivity contribution in [1.82, 2.24) is 15.1 Å². The fourth-order valence-corrected chi connectivity index (χ4v) is 4.18. The van der Waals surface area contributed by atoms with Crippen LogP contribution in [0.2, 0.25) is 0 Å². The minimum absolute atomic E-state index is 0.0209. The summed E-state index contributed by atoms with van der Waals surface area (Å²) in [5.41, 5.74) is -0.887. The number of amides is 2. The lowest BCUT2D eigenvalue weighted by Gasteiger charge is -2.41. The summed E-state index contributed by atoms with van der Waals surface area (Å²) in [6.07, 6.45) is 5.16. The number of carbonyl (C=O) groups excluding carboxylic acids is 2. The molecule has 0 aromatic carbocycles. The number of hydrogen-bond acceptors (Lipinski definition) is 4. The lowest BCUT2D eigenvalue weighted by atomic mass is 9.84. The second-order valence-electron chi connectivity index (χ2n) is 10.2. The number of carboxylic acids is 1. The zero-order valence-electron chi connectivity index (χ0n) is 20.2. The van der Waals surface area contributed by atoms with E-state index in [1.807, 2.05) is 53.6 Å². The first-order valence-electron chi connectivity index (χ1n) is 10.8. The molecular formula is C23H41N3O4. The normalized spacial score (nSPS) is 19.0. The molecule has 0 heterocycles. The Kier molecular flexibility index (Phi) is 8.67. The van der Waals surface area contributed by atoms with Crippen LogP contribution in [0, 0.1) is 11.3 Å². The number of carboxylic acid groups (broad SMARTS) is 1. The Balaban J connectivity index is 3.21. The molecule has 7 nitrogen and oxygen atoms in total. The number of carbonyl (C=O) groups is 3. The van der Waals surface area contributed by atoms with Gasteiger partial charge in [0.2, 0.25) is 11.8 Å². The van der Waals surface area contributed by atoms with Crippen LogP contribution in [-0.4, -0.2) is 71.5 Å². The van der Waals surface area contributed by atoms with Gasteiger partial charge in [0.15, 0.2) is 0 Å². The highest BCUT2D eigenvalue weighted by molar-refractivity contribution is 5.93. The second kappa shape index (κ2) is 9.94. The molecular weight excluding hydrogens is 382 g/mol. The Morgan fingerprint density at radius 3 is 1.93 bits per heavy atom. The lowest BCUT2D eigenvalue weighted by Crippen LogP contribution is -2.62. The Bertz CT molecular complexity index is 670. The summed E-state index contributed by atoms with van der Waals surface area (Å²) < 4.78 is 0. The van der Waals surface area contributed by atoms with Crippen LogP contribution in [0.1, 0.15) is 67.2 Å². The van der Waals surface area contributed by atoms with E-state index in [2.05, 4.69) is 5.32 Å². The van der Waals surface area contributed by atoms with Gasteiger partial charge in [0.25, 0.3) is 0 Å². The average Bonchev–Trinajstić information content (AvgIpc) is 3.12. The van der Waals surface area contributed by atoms with Gasteiger partial charge in [-0.15, -0.1) is 0 Å². The Morgan fingerprint density at radius 2 is 1.57 bits per heavy atom. The van der Waals surface area contributed by atoms with E-state index in [1.54, 1.807) is 18.0 Å². The lowest BCUT2D eigenvalue weighted by molar-refractivity contribution is -0.143. The van der Waals surface area contributed by atoms with E-state index >= 15 is 0 Å². The number of hydrogen-bond donors (Lipinski definition) is 2. The van der Waals surface area contributed by atoms with E-state index in [0.717, 1.165) is 25.7 Å². The fraction of sp³-hybridized carbons (Fsp3) is 0.783. The van der Waals surface area contributed by atoms with Crippen molar-refractivity contribution in [3.8, 4) is 0 Å². The van der Waals surface area contributed by atoms with Gasteiger partial charge in [0.1, 0.15) is 6.04 Å². The van der Waals surface area contributed by atoms with Gasteiger partial charge >= 0.3 is 5.97 Å². The molecule has 1 rings (SSSR count). The molecule has 1 saturated carbocycles. The molecule has 0 unspecified atom stereocenters. The molecule has 30 heavy (non-hydrogen) atoms. The number of rotatable bonds is 8. The van der Waals surface area contributed by atoms with Crippen molar-refractivity contribution < 1.29 is 19.5 Å². The molecule has 0 aromatic heterocycles. The maximum absolute atomic E-state index is 13.5. The molecule has 2 atom stereocenters. The minimum Gasteiger partial charge on any atom is -0.478 e. The van der Waals surface area contributed by atoms with Crippen molar-refractivity contribution >= 4 is 17.8 Å². The number of likely N-dealkylation sites (N-methyl/N-ethyl adjacent to an activating group) is 2. The van der Waals surface area contributed by atoms with Gasteiger partial charge in [-0.05, 0) is 45.2 Å². The molecule has 0 spiro atoms. The van der Waals surface area contributed by atoms with E-state index in [1.165, 1.54) is 6.92 Å². The standard InChI is InChI=1S/C23H41N3O4/c1-15(2)17(14-16(3)20(28)29)26(9)19(27)18(22(4,5)6)24-21(30)23(25(7)8)12-10-11-13-23/h14-15,17-18H,10-13H2,1-9H3,(H,24,30)(H,28,29)/t17-,18-/m1/s1. The molecule has 0 saturated heterocycles. The zero-order valence-corrected chi connectivity index (χ0v) is 20.2. The molecule has 0 aliphatic heterocycles. The van der Waals surface area contributed by atoms with Crippen molar-refractivity contribution in [3.63, 3.8) is 0 Å². The topological polar surface area (TPSA) is 90.0 Å². The predicted molar refractivity (Wildman–Crippen MR) is 119 cm³/mol. The number of aliphatic carboxylic acids is 1. The monoisotopic (exact) mass is 423 g/mol. The van der Waals surface area contributed by atoms with E-state index in [9.17, 15) is 19.5 Å². The van der Waals surface area contributed by atoms with E-state index in [4.69, 9.17) is 0 Å². The fourth-order valence-electron chi connectivity index (χ4n) is 4.18. The Hall–Kier alpha value is -1.89. The van der Waals surface area contributed by atoms with Crippen LogP contribution in [0.3, 0.4) is 0 Å². The summed E-state index contributed by atoms with van der Waals surface area (Å²) in [4.78, 5) is 41.7. The summed E-state index contributed by atoms with van der Waals surface area (Å²) in [6, 6.07) is -1.10. The van der Waals surface area contributed by atoms with Gasteiger partial charge in [0.05, 0.1) is 11.6 Å². The molecule has 0 aromatic rings. The van der Waals surface area contributed by atoms with E-state index in [0.29, 0.717) is 0 Å². The van der Waals surface area contributed by atoms with Crippen LogP contribution in [0.4, 0.5) is 0 Å². The third-order valence-electron chi connectivity index (χ3n) is 6.33. The molecule has 0 radical (unpaired) electrons. The summed E-state index contributed by atoms with van der Waals surface area (Å²) in [6.45, 7) is 11.2. The number of nitrogens with one attached hydrogen (secondary N) is 1. The molecule has 172 valence electrons. The van der Waals surface area contributed by atoms with Crippen molar-refractivity contribution in [2.24, 2.45) is 11.3 Å². The molecule has 1 fully saturated rings. The van der Waals surface area contributed by atoms with Crippen molar-refractivity contribution in [3.05, 3.63) is 11.6 Å². The van der Waals surface area contributed by atoms with Crippen LogP contribution >= 0.6 is 0 Å². The van der Waals surface area contributed by atoms with Gasteiger partial charge in [-0.3, -0.25) is 14.5 Å². The zero-order chi connectivity index (χ0) is 23.4. The van der Waals surface area contributed by atoms with Crippen molar-refractivity contribution in [1.29, 1.82) is 0 Å². The smallest absolute Gasteiger partial charge is 0.331 e. The molecule has 0 bridgehead atoms. The first-order valence-corrected chi connectivity index (χ1v) is 10.8. The van der Waals surface area contributed by atoms with Crippen LogP contribution in [0.25, 0.3) is 0 Å². The van der Waals surface area contributed by atoms with Crippen LogP contribution in [0.15, 0.2) is 11.6 Å². The molecule has 7 heteroatoms. The van der Waals surface area contributed by atoms with Gasteiger partial charge in [-0.2, -0.15) is 0 Å². The summed E-state index contributed by atoms with van der Waals surface area (Å²) in [5.74, 6) is -1.30. The van der Waals surface area contributed by atoms with Gasteiger partial charge in [0, 0.05) is 12.6 Å². The first kappa shape index (κ1) is 26.1. The molecule has 2 amide bonds. The highest BCUT2D eigenvalue weighted by Gasteiger charge is 2.46. The SMILES string of the molecule is CC(=C[C@H](C(C)C)N(C)C(=O)[C@@H](NC(=O)C1(N(C)C)CCCC1)C(C)(C)C)C(=O)O. The largest absolute Gasteiger partial charge is 0.478 e. The van der Waals surface area contributed by atoms with Gasteiger partial charge in [-0.1, -0.05) is 53.5 Å². The molecule has 1 aliphatic rings. The van der Waals surface area contributed by atoms with Crippen molar-refractivity contribution in [2.75, 3.05) is 21.1 Å². The Morgan fingerprint density at radius 1 is 1.07 bits per heavy atom.